The molecule has 3 rings (SSSR count). The first-order valence-electron chi connectivity index (χ1n) is 5.87. The Morgan fingerprint density at radius 2 is 1.95 bits per heavy atom. The van der Waals surface area contributed by atoms with E-state index in [1.165, 1.54) is 0 Å². The molecule has 0 fully saturated rings. The van der Waals surface area contributed by atoms with Crippen LogP contribution in [0, 0.1) is 11.3 Å². The zero-order valence-electron chi connectivity index (χ0n) is 10.2. The number of rotatable bonds is 2. The fourth-order valence-electron chi connectivity index (χ4n) is 2.06. The molecule has 0 spiro atoms. The van der Waals surface area contributed by atoms with Crippen molar-refractivity contribution < 1.29 is 4.79 Å². The van der Waals surface area contributed by atoms with Gasteiger partial charge in [-0.25, -0.2) is 4.98 Å². The van der Waals surface area contributed by atoms with Gasteiger partial charge in [-0.2, -0.15) is 5.26 Å². The van der Waals surface area contributed by atoms with Gasteiger partial charge in [0.25, 0.3) is 0 Å². The van der Waals surface area contributed by atoms with Crippen LogP contribution >= 0.6 is 15.9 Å². The summed E-state index contributed by atoms with van der Waals surface area (Å²) in [6.07, 6.45) is 3.47. The van der Waals surface area contributed by atoms with Crippen LogP contribution in [0.1, 0.15) is 16.1 Å². The lowest BCUT2D eigenvalue weighted by Crippen LogP contribution is -1.90. The fraction of sp³-hybridized carbons (Fsp3) is 0. The summed E-state index contributed by atoms with van der Waals surface area (Å²) in [5.74, 6) is 0. The van der Waals surface area contributed by atoms with Crippen molar-refractivity contribution in [3.05, 3.63) is 60.0 Å². The molecular formula is C15H8BrN3O. The molecule has 0 aliphatic carbocycles. The lowest BCUT2D eigenvalue weighted by Gasteiger charge is -2.04. The van der Waals surface area contributed by atoms with Gasteiger partial charge in [0.15, 0.2) is 5.65 Å². The van der Waals surface area contributed by atoms with Gasteiger partial charge in [0.2, 0.25) is 4.69 Å². The normalized spacial score (nSPS) is 10.4. The predicted molar refractivity (Wildman–Crippen MR) is 78.6 cm³/mol. The van der Waals surface area contributed by atoms with Crippen LogP contribution in [0.25, 0.3) is 16.8 Å². The van der Waals surface area contributed by atoms with Gasteiger partial charge < -0.3 is 4.40 Å². The van der Waals surface area contributed by atoms with Gasteiger partial charge in [-0.05, 0) is 33.1 Å². The molecule has 5 heteroatoms. The smallest absolute Gasteiger partial charge is 0.247 e. The van der Waals surface area contributed by atoms with Gasteiger partial charge in [-0.15, -0.1) is 0 Å². The molecule has 96 valence electrons. The maximum absolute atomic E-state index is 11.3. The molecule has 2 aromatic heterocycles. The van der Waals surface area contributed by atoms with E-state index in [1.54, 1.807) is 16.7 Å². The van der Waals surface area contributed by atoms with E-state index in [9.17, 15) is 10.1 Å². The van der Waals surface area contributed by atoms with E-state index in [0.29, 0.717) is 11.2 Å². The minimum atomic E-state index is -0.300. The first-order chi connectivity index (χ1) is 9.69. The second-order valence-corrected chi connectivity index (χ2v) is 4.97. The lowest BCUT2D eigenvalue weighted by molar-refractivity contribution is 0.109. The molecule has 0 atom stereocenters. The van der Waals surface area contributed by atoms with Crippen LogP contribution in [0.3, 0.4) is 0 Å². The molecule has 2 heterocycles. The molecule has 0 bridgehead atoms. The van der Waals surface area contributed by atoms with E-state index in [4.69, 9.17) is 0 Å². The SMILES string of the molecule is N#Cc1cc(-c2ccccc2)cn2cc(C(=O)Br)nc12. The van der Waals surface area contributed by atoms with E-state index in [2.05, 4.69) is 27.0 Å². The Hall–Kier alpha value is -2.45. The Labute approximate surface area is 123 Å². The molecule has 0 aliphatic heterocycles. The number of imidazole rings is 1. The quantitative estimate of drug-likeness (QED) is 0.678. The van der Waals surface area contributed by atoms with Crippen LogP contribution < -0.4 is 0 Å². The fourth-order valence-corrected chi connectivity index (χ4v) is 2.25. The number of hydrogen-bond acceptors (Lipinski definition) is 3. The Morgan fingerprint density at radius 3 is 2.60 bits per heavy atom. The van der Waals surface area contributed by atoms with Crippen molar-refractivity contribution in [1.29, 1.82) is 5.26 Å². The van der Waals surface area contributed by atoms with Gasteiger partial charge in [0.1, 0.15) is 11.8 Å². The van der Waals surface area contributed by atoms with E-state index < -0.39 is 0 Å². The van der Waals surface area contributed by atoms with Crippen molar-refractivity contribution in [2.24, 2.45) is 0 Å². The van der Waals surface area contributed by atoms with Crippen LogP contribution in [0.5, 0.6) is 0 Å². The summed E-state index contributed by atoms with van der Waals surface area (Å²) >= 11 is 2.87. The van der Waals surface area contributed by atoms with E-state index in [-0.39, 0.29) is 10.4 Å². The number of carbonyl (C=O) groups excluding carboxylic acids is 1. The number of nitrogens with zero attached hydrogens (tertiary/aromatic N) is 3. The van der Waals surface area contributed by atoms with E-state index in [1.807, 2.05) is 36.5 Å². The molecule has 20 heavy (non-hydrogen) atoms. The number of carbonyl (C=O) groups is 1. The number of nitriles is 1. The molecule has 1 aromatic carbocycles. The number of pyridine rings is 1. The standard InChI is InChI=1S/C15H8BrN3O/c16-14(20)13-9-19-8-12(10-4-2-1-3-5-10)6-11(7-17)15(19)18-13/h1-6,8-9H. The Balaban J connectivity index is 2.27. The summed E-state index contributed by atoms with van der Waals surface area (Å²) in [4.78, 5) is 15.5. The summed E-state index contributed by atoms with van der Waals surface area (Å²) in [6, 6.07) is 13.6. The highest BCUT2D eigenvalue weighted by Gasteiger charge is 2.12. The number of hydrogen-bond donors (Lipinski definition) is 0. The summed E-state index contributed by atoms with van der Waals surface area (Å²) in [5, 5.41) is 9.25. The first kappa shape index (κ1) is 12.6. The Kier molecular flexibility index (Phi) is 3.09. The van der Waals surface area contributed by atoms with Gasteiger partial charge in [-0.3, -0.25) is 4.79 Å². The van der Waals surface area contributed by atoms with E-state index >= 15 is 0 Å². The third-order valence-electron chi connectivity index (χ3n) is 2.98. The number of benzene rings is 1. The van der Waals surface area contributed by atoms with Gasteiger partial charge in [-0.1, -0.05) is 30.3 Å². The van der Waals surface area contributed by atoms with E-state index in [0.717, 1.165) is 11.1 Å². The van der Waals surface area contributed by atoms with Crippen molar-refractivity contribution in [1.82, 2.24) is 9.38 Å². The van der Waals surface area contributed by atoms with Crippen molar-refractivity contribution in [3.8, 4) is 17.2 Å². The van der Waals surface area contributed by atoms with Crippen LogP contribution in [0.4, 0.5) is 0 Å². The highest BCUT2D eigenvalue weighted by Crippen LogP contribution is 2.23. The van der Waals surface area contributed by atoms with Crippen molar-refractivity contribution in [2.45, 2.75) is 0 Å². The third kappa shape index (κ3) is 2.10. The van der Waals surface area contributed by atoms with Gasteiger partial charge >= 0.3 is 0 Å². The van der Waals surface area contributed by atoms with Crippen molar-refractivity contribution in [2.75, 3.05) is 0 Å². The molecule has 0 saturated carbocycles. The highest BCUT2D eigenvalue weighted by molar-refractivity contribution is 9.18. The predicted octanol–water partition coefficient (Wildman–Crippen LogP) is 3.41. The lowest BCUT2D eigenvalue weighted by atomic mass is 10.1. The second kappa shape index (κ2) is 4.91. The first-order valence-corrected chi connectivity index (χ1v) is 6.66. The number of fused-ring (bicyclic) bond motifs is 1. The Bertz CT molecular complexity index is 847. The highest BCUT2D eigenvalue weighted by atomic mass is 79.9. The number of halogens is 1. The molecule has 0 saturated heterocycles. The molecule has 0 unspecified atom stereocenters. The molecular weight excluding hydrogens is 318 g/mol. The van der Waals surface area contributed by atoms with Crippen molar-refractivity contribution in [3.63, 3.8) is 0 Å². The minimum absolute atomic E-state index is 0.284. The molecule has 0 radical (unpaired) electrons. The molecule has 0 N–H and O–H groups in total. The van der Waals surface area contributed by atoms with Gasteiger partial charge in [0, 0.05) is 12.4 Å². The van der Waals surface area contributed by atoms with Crippen LogP contribution in [0.15, 0.2) is 48.8 Å². The minimum Gasteiger partial charge on any atom is -0.305 e. The molecule has 0 amide bonds. The topological polar surface area (TPSA) is 58.2 Å². The van der Waals surface area contributed by atoms with Crippen molar-refractivity contribution >= 4 is 26.3 Å². The molecule has 4 nitrogen and oxygen atoms in total. The third-order valence-corrected chi connectivity index (χ3v) is 3.39. The average molecular weight is 326 g/mol. The summed E-state index contributed by atoms with van der Waals surface area (Å²) in [6.45, 7) is 0. The van der Waals surface area contributed by atoms with Crippen LogP contribution in [-0.4, -0.2) is 14.1 Å². The summed E-state index contributed by atoms with van der Waals surface area (Å²) in [7, 11) is 0. The largest absolute Gasteiger partial charge is 0.305 e. The van der Waals surface area contributed by atoms with Crippen LogP contribution in [0.2, 0.25) is 0 Å². The second-order valence-electron chi connectivity index (χ2n) is 4.25. The zero-order chi connectivity index (χ0) is 14.1. The summed E-state index contributed by atoms with van der Waals surface area (Å²) < 4.78 is 1.40. The molecule has 0 aliphatic rings. The number of aromatic nitrogens is 2. The van der Waals surface area contributed by atoms with Crippen LogP contribution in [-0.2, 0) is 0 Å². The maximum Gasteiger partial charge on any atom is 0.247 e. The molecule has 3 aromatic rings. The van der Waals surface area contributed by atoms with Gasteiger partial charge in [0.05, 0.1) is 5.56 Å². The zero-order valence-corrected chi connectivity index (χ0v) is 11.8. The monoisotopic (exact) mass is 325 g/mol. The maximum atomic E-state index is 11.3. The average Bonchev–Trinajstić information content (AvgIpc) is 2.91. The Morgan fingerprint density at radius 1 is 1.20 bits per heavy atom. The summed E-state index contributed by atoms with van der Waals surface area (Å²) in [5.41, 5.74) is 3.11.